The molecule has 134 valence electrons. The zero-order valence-corrected chi connectivity index (χ0v) is 15.2. The van der Waals surface area contributed by atoms with Crippen molar-refractivity contribution >= 4 is 5.97 Å². The van der Waals surface area contributed by atoms with Gasteiger partial charge in [-0.3, -0.25) is 4.79 Å². The van der Waals surface area contributed by atoms with Crippen LogP contribution in [0.3, 0.4) is 0 Å². The fraction of sp³-hybridized carbons (Fsp3) is 0.591. The van der Waals surface area contributed by atoms with Crippen LogP contribution in [-0.2, 0) is 16.1 Å². The summed E-state index contributed by atoms with van der Waals surface area (Å²) in [5.41, 5.74) is 2.94. The van der Waals surface area contributed by atoms with Crippen LogP contribution < -0.4 is 5.32 Å². The molecule has 1 N–H and O–H groups in total. The van der Waals surface area contributed by atoms with Crippen molar-refractivity contribution in [3.05, 3.63) is 48.0 Å². The van der Waals surface area contributed by atoms with Gasteiger partial charge in [0.15, 0.2) is 0 Å². The van der Waals surface area contributed by atoms with E-state index < -0.39 is 0 Å². The molecule has 1 aromatic rings. The number of ether oxygens (including phenoxy) is 1. The van der Waals surface area contributed by atoms with Gasteiger partial charge in [0.1, 0.15) is 6.10 Å². The van der Waals surface area contributed by atoms with Crippen LogP contribution in [0.1, 0.15) is 44.6 Å². The summed E-state index contributed by atoms with van der Waals surface area (Å²) in [6.07, 6.45) is 5.84. The highest BCUT2D eigenvalue weighted by Crippen LogP contribution is 2.56. The Labute approximate surface area is 150 Å². The van der Waals surface area contributed by atoms with Crippen molar-refractivity contribution in [1.29, 1.82) is 0 Å². The summed E-state index contributed by atoms with van der Waals surface area (Å²) in [4.78, 5) is 12.5. The van der Waals surface area contributed by atoms with E-state index in [2.05, 4.69) is 31.0 Å². The number of rotatable bonds is 4. The second-order valence-electron chi connectivity index (χ2n) is 8.52. The SMILES string of the molecule is C=C1CCC[C@]2(C)C[C@H]3OC(=O)C(CNCc4ccccc4)[C@H]3CC12. The molecule has 3 heteroatoms. The third-order valence-corrected chi connectivity index (χ3v) is 6.86. The molecular formula is C22H29NO2. The van der Waals surface area contributed by atoms with Crippen molar-refractivity contribution in [2.75, 3.05) is 6.54 Å². The Balaban J connectivity index is 1.42. The highest BCUT2D eigenvalue weighted by Gasteiger charge is 2.54. The molecule has 2 saturated carbocycles. The Morgan fingerprint density at radius 2 is 2.12 bits per heavy atom. The summed E-state index contributed by atoms with van der Waals surface area (Å²) < 4.78 is 5.82. The molecule has 1 heterocycles. The molecular weight excluding hydrogens is 310 g/mol. The zero-order chi connectivity index (χ0) is 17.4. The van der Waals surface area contributed by atoms with Crippen LogP contribution in [0.25, 0.3) is 0 Å². The molecule has 0 bridgehead atoms. The van der Waals surface area contributed by atoms with E-state index in [4.69, 9.17) is 4.74 Å². The largest absolute Gasteiger partial charge is 0.462 e. The quantitative estimate of drug-likeness (QED) is 0.663. The lowest BCUT2D eigenvalue weighted by atomic mass is 9.55. The van der Waals surface area contributed by atoms with E-state index in [0.717, 1.165) is 25.8 Å². The van der Waals surface area contributed by atoms with E-state index in [0.29, 0.717) is 18.4 Å². The number of carbonyl (C=O) groups is 1. The summed E-state index contributed by atoms with van der Waals surface area (Å²) in [7, 11) is 0. The Bertz CT molecular complexity index is 655. The predicted octanol–water partition coefficient (Wildman–Crippen LogP) is 4.09. The van der Waals surface area contributed by atoms with Crippen LogP contribution in [0.2, 0.25) is 0 Å². The molecule has 1 aromatic carbocycles. The zero-order valence-electron chi connectivity index (χ0n) is 15.2. The molecule has 1 saturated heterocycles. The van der Waals surface area contributed by atoms with Gasteiger partial charge in [-0.1, -0.05) is 49.4 Å². The van der Waals surface area contributed by atoms with Gasteiger partial charge in [0, 0.05) is 19.0 Å². The Hall–Kier alpha value is -1.61. The van der Waals surface area contributed by atoms with Gasteiger partial charge in [0.25, 0.3) is 0 Å². The van der Waals surface area contributed by atoms with Crippen molar-refractivity contribution < 1.29 is 9.53 Å². The van der Waals surface area contributed by atoms with E-state index in [9.17, 15) is 4.79 Å². The second kappa shape index (κ2) is 6.60. The molecule has 0 spiro atoms. The van der Waals surface area contributed by atoms with E-state index in [1.807, 2.05) is 18.2 Å². The molecule has 5 atom stereocenters. The predicted molar refractivity (Wildman–Crippen MR) is 98.8 cm³/mol. The standard InChI is InChI=1S/C22H29NO2/c1-15-7-6-10-22(2)12-20-17(11-19(15)22)18(21(24)25-20)14-23-13-16-8-4-3-5-9-16/h3-5,8-9,17-20,23H,1,6-7,10-14H2,2H3/t17-,18?,19?,20-,22-/m1/s1. The van der Waals surface area contributed by atoms with Gasteiger partial charge in [0.05, 0.1) is 5.92 Å². The van der Waals surface area contributed by atoms with Gasteiger partial charge in [-0.05, 0) is 49.0 Å². The molecule has 3 nitrogen and oxygen atoms in total. The third-order valence-electron chi connectivity index (χ3n) is 6.86. The lowest BCUT2D eigenvalue weighted by Crippen LogP contribution is -2.45. The lowest BCUT2D eigenvalue weighted by Gasteiger charge is -2.50. The van der Waals surface area contributed by atoms with Crippen molar-refractivity contribution in [1.82, 2.24) is 5.32 Å². The Morgan fingerprint density at radius 1 is 1.32 bits per heavy atom. The second-order valence-corrected chi connectivity index (χ2v) is 8.52. The average Bonchev–Trinajstić information content (AvgIpc) is 2.88. The molecule has 2 aliphatic carbocycles. The maximum atomic E-state index is 12.5. The van der Waals surface area contributed by atoms with E-state index >= 15 is 0 Å². The van der Waals surface area contributed by atoms with Gasteiger partial charge in [-0.2, -0.15) is 0 Å². The number of allylic oxidation sites excluding steroid dienone is 1. The monoisotopic (exact) mass is 339 g/mol. The number of fused-ring (bicyclic) bond motifs is 2. The number of carbonyl (C=O) groups excluding carboxylic acids is 1. The van der Waals surface area contributed by atoms with E-state index in [-0.39, 0.29) is 23.4 Å². The van der Waals surface area contributed by atoms with Gasteiger partial charge in [-0.25, -0.2) is 0 Å². The Morgan fingerprint density at radius 3 is 2.92 bits per heavy atom. The van der Waals surface area contributed by atoms with Crippen molar-refractivity contribution in [3.63, 3.8) is 0 Å². The summed E-state index contributed by atoms with van der Waals surface area (Å²) in [6.45, 7) is 8.26. The normalized spacial score (nSPS) is 37.3. The van der Waals surface area contributed by atoms with Crippen molar-refractivity contribution in [2.24, 2.45) is 23.2 Å². The minimum Gasteiger partial charge on any atom is -0.462 e. The van der Waals surface area contributed by atoms with Crippen LogP contribution in [0, 0.1) is 23.2 Å². The fourth-order valence-corrected chi connectivity index (χ4v) is 5.46. The smallest absolute Gasteiger partial charge is 0.310 e. The molecule has 3 fully saturated rings. The van der Waals surface area contributed by atoms with Crippen molar-refractivity contribution in [3.8, 4) is 0 Å². The third kappa shape index (κ3) is 3.15. The number of esters is 1. The van der Waals surface area contributed by atoms with Crippen molar-refractivity contribution in [2.45, 2.75) is 51.7 Å². The van der Waals surface area contributed by atoms with Gasteiger partial charge in [-0.15, -0.1) is 0 Å². The van der Waals surface area contributed by atoms with Gasteiger partial charge in [0.2, 0.25) is 0 Å². The first-order chi connectivity index (χ1) is 12.1. The van der Waals surface area contributed by atoms with E-state index in [1.54, 1.807) is 0 Å². The highest BCUT2D eigenvalue weighted by atomic mass is 16.6. The van der Waals surface area contributed by atoms with Gasteiger partial charge < -0.3 is 10.1 Å². The highest BCUT2D eigenvalue weighted by molar-refractivity contribution is 5.75. The molecule has 0 amide bonds. The van der Waals surface area contributed by atoms with Crippen LogP contribution in [0.15, 0.2) is 42.5 Å². The average molecular weight is 339 g/mol. The summed E-state index contributed by atoms with van der Waals surface area (Å²) in [5.74, 6) is 0.911. The molecule has 0 radical (unpaired) electrons. The summed E-state index contributed by atoms with van der Waals surface area (Å²) in [5, 5.41) is 3.48. The van der Waals surface area contributed by atoms with Crippen LogP contribution in [0.4, 0.5) is 0 Å². The molecule has 4 rings (SSSR count). The molecule has 0 aromatic heterocycles. The molecule has 25 heavy (non-hydrogen) atoms. The molecule has 1 aliphatic heterocycles. The summed E-state index contributed by atoms with van der Waals surface area (Å²) in [6, 6.07) is 10.3. The minimum absolute atomic E-state index is 0.00317. The van der Waals surface area contributed by atoms with E-state index in [1.165, 1.54) is 24.0 Å². The summed E-state index contributed by atoms with van der Waals surface area (Å²) >= 11 is 0. The number of benzene rings is 1. The maximum Gasteiger partial charge on any atom is 0.310 e. The maximum absolute atomic E-state index is 12.5. The fourth-order valence-electron chi connectivity index (χ4n) is 5.46. The van der Waals surface area contributed by atoms with Crippen LogP contribution in [-0.4, -0.2) is 18.6 Å². The number of nitrogens with one attached hydrogen (secondary N) is 1. The topological polar surface area (TPSA) is 38.3 Å². The Kier molecular flexibility index (Phi) is 4.45. The number of hydrogen-bond acceptors (Lipinski definition) is 3. The first-order valence-electron chi connectivity index (χ1n) is 9.70. The number of hydrogen-bond donors (Lipinski definition) is 1. The van der Waals surface area contributed by atoms with Crippen LogP contribution in [0.5, 0.6) is 0 Å². The van der Waals surface area contributed by atoms with Crippen LogP contribution >= 0.6 is 0 Å². The molecule has 2 unspecified atom stereocenters. The minimum atomic E-state index is -0.00649. The molecule has 3 aliphatic rings. The first kappa shape index (κ1) is 16.8. The van der Waals surface area contributed by atoms with Gasteiger partial charge >= 0.3 is 5.97 Å². The first-order valence-corrected chi connectivity index (χ1v) is 9.70. The lowest BCUT2D eigenvalue weighted by molar-refractivity contribution is -0.146.